The van der Waals surface area contributed by atoms with Gasteiger partial charge in [-0.3, -0.25) is 14.4 Å². The fraction of sp³-hybridized carbons (Fsp3) is 0.609. The normalized spacial score (nSPS) is 25.5. The first kappa shape index (κ1) is 20.7. The molecule has 7 heteroatoms. The minimum absolute atomic E-state index is 0.00824. The molecule has 3 fully saturated rings. The number of nitrogens with zero attached hydrogens (tertiary/aromatic N) is 3. The van der Waals surface area contributed by atoms with Gasteiger partial charge in [-0.1, -0.05) is 12.1 Å². The molecule has 3 saturated heterocycles. The second-order valence-electron chi connectivity index (χ2n) is 8.88. The molecule has 162 valence electrons. The van der Waals surface area contributed by atoms with Crippen molar-refractivity contribution in [1.82, 2.24) is 14.7 Å². The van der Waals surface area contributed by atoms with Gasteiger partial charge in [0, 0.05) is 58.5 Å². The fourth-order valence-corrected chi connectivity index (χ4v) is 5.27. The van der Waals surface area contributed by atoms with Crippen LogP contribution in [-0.2, 0) is 20.8 Å². The molecule has 3 heterocycles. The van der Waals surface area contributed by atoms with Crippen LogP contribution in [0.1, 0.15) is 31.7 Å². The van der Waals surface area contributed by atoms with Crippen LogP contribution in [0.3, 0.4) is 0 Å². The average Bonchev–Trinajstić information content (AvgIpc) is 3.46. The molecule has 7 nitrogen and oxygen atoms in total. The summed E-state index contributed by atoms with van der Waals surface area (Å²) in [6, 6.07) is 7.77. The van der Waals surface area contributed by atoms with Gasteiger partial charge in [-0.05, 0) is 37.0 Å². The zero-order chi connectivity index (χ0) is 21.3. The van der Waals surface area contributed by atoms with E-state index in [-0.39, 0.29) is 23.6 Å². The summed E-state index contributed by atoms with van der Waals surface area (Å²) >= 11 is 0. The first-order chi connectivity index (χ1) is 14.4. The van der Waals surface area contributed by atoms with Crippen LogP contribution in [0.4, 0.5) is 0 Å². The van der Waals surface area contributed by atoms with E-state index in [0.717, 1.165) is 37.2 Å². The Kier molecular flexibility index (Phi) is 5.71. The van der Waals surface area contributed by atoms with Crippen molar-refractivity contribution in [2.24, 2.45) is 11.3 Å². The van der Waals surface area contributed by atoms with Crippen LogP contribution < -0.4 is 4.74 Å². The quantitative estimate of drug-likeness (QED) is 0.735. The van der Waals surface area contributed by atoms with Crippen molar-refractivity contribution in [2.75, 3.05) is 46.4 Å². The molecule has 1 aromatic carbocycles. The number of hydrogen-bond acceptors (Lipinski definition) is 4. The summed E-state index contributed by atoms with van der Waals surface area (Å²) in [5.74, 6) is 1.03. The summed E-state index contributed by atoms with van der Waals surface area (Å²) in [6.45, 7) is 5.12. The lowest BCUT2D eigenvalue weighted by Crippen LogP contribution is -2.49. The Balaban J connectivity index is 1.45. The van der Waals surface area contributed by atoms with Gasteiger partial charge in [0.15, 0.2) is 0 Å². The number of hydrogen-bond donors (Lipinski definition) is 0. The number of likely N-dealkylation sites (tertiary alicyclic amines) is 3. The summed E-state index contributed by atoms with van der Waals surface area (Å²) < 4.78 is 5.26. The molecule has 2 unspecified atom stereocenters. The molecular weight excluding hydrogens is 382 g/mol. The summed E-state index contributed by atoms with van der Waals surface area (Å²) in [5.41, 5.74) is 0.425. The lowest BCUT2D eigenvalue weighted by Gasteiger charge is -2.32. The third kappa shape index (κ3) is 3.77. The van der Waals surface area contributed by atoms with E-state index in [1.54, 1.807) is 18.9 Å². The first-order valence-corrected chi connectivity index (χ1v) is 10.9. The van der Waals surface area contributed by atoms with Crippen LogP contribution in [0.25, 0.3) is 0 Å². The molecule has 0 saturated carbocycles. The van der Waals surface area contributed by atoms with E-state index in [4.69, 9.17) is 4.74 Å². The highest BCUT2D eigenvalue weighted by atomic mass is 16.5. The number of fused-ring (bicyclic) bond motifs is 1. The largest absolute Gasteiger partial charge is 0.497 e. The molecule has 4 rings (SSSR count). The van der Waals surface area contributed by atoms with Crippen LogP contribution in [-0.4, -0.2) is 78.8 Å². The van der Waals surface area contributed by atoms with Gasteiger partial charge in [-0.2, -0.15) is 0 Å². The molecule has 30 heavy (non-hydrogen) atoms. The average molecular weight is 414 g/mol. The summed E-state index contributed by atoms with van der Waals surface area (Å²) in [5, 5.41) is 0. The summed E-state index contributed by atoms with van der Waals surface area (Å²) in [6.07, 6.45) is 3.12. The Morgan fingerprint density at radius 3 is 2.47 bits per heavy atom. The number of aryl methyl sites for hydroxylation is 1. The van der Waals surface area contributed by atoms with Crippen molar-refractivity contribution in [3.8, 4) is 5.75 Å². The molecular formula is C23H31N3O4. The minimum atomic E-state index is -0.637. The predicted molar refractivity (Wildman–Crippen MR) is 112 cm³/mol. The summed E-state index contributed by atoms with van der Waals surface area (Å²) in [7, 11) is 1.63. The zero-order valence-electron chi connectivity index (χ0n) is 17.9. The maximum atomic E-state index is 13.5. The van der Waals surface area contributed by atoms with Gasteiger partial charge in [0.05, 0.1) is 12.5 Å². The number of carbonyl (C=O) groups is 3. The SMILES string of the molecule is COc1cccc(CCC(=O)N2CC3CN(C(C)=O)CC3(C(=O)N3CCCC3)C2)c1. The highest BCUT2D eigenvalue weighted by molar-refractivity contribution is 5.88. The number of rotatable bonds is 5. The number of methoxy groups -OCH3 is 1. The van der Waals surface area contributed by atoms with Crippen molar-refractivity contribution in [2.45, 2.75) is 32.6 Å². The monoisotopic (exact) mass is 413 g/mol. The highest BCUT2D eigenvalue weighted by Crippen LogP contribution is 2.44. The molecule has 0 N–H and O–H groups in total. The van der Waals surface area contributed by atoms with Crippen molar-refractivity contribution in [3.63, 3.8) is 0 Å². The van der Waals surface area contributed by atoms with Crippen molar-refractivity contribution in [3.05, 3.63) is 29.8 Å². The molecule has 3 aliphatic rings. The number of amides is 3. The predicted octanol–water partition coefficient (Wildman–Crippen LogP) is 1.56. The Bertz CT molecular complexity index is 835. The van der Waals surface area contributed by atoms with E-state index in [0.29, 0.717) is 39.0 Å². The molecule has 1 aromatic rings. The fourth-order valence-electron chi connectivity index (χ4n) is 5.27. The molecule has 0 aliphatic carbocycles. The first-order valence-electron chi connectivity index (χ1n) is 10.9. The zero-order valence-corrected chi connectivity index (χ0v) is 17.9. The molecule has 0 radical (unpaired) electrons. The van der Waals surface area contributed by atoms with Gasteiger partial charge in [0.25, 0.3) is 0 Å². The smallest absolute Gasteiger partial charge is 0.232 e. The summed E-state index contributed by atoms with van der Waals surface area (Å²) in [4.78, 5) is 44.1. The van der Waals surface area contributed by atoms with Crippen LogP contribution in [0.2, 0.25) is 0 Å². The van der Waals surface area contributed by atoms with Crippen molar-refractivity contribution in [1.29, 1.82) is 0 Å². The second-order valence-corrected chi connectivity index (χ2v) is 8.88. The maximum absolute atomic E-state index is 13.5. The van der Waals surface area contributed by atoms with E-state index >= 15 is 0 Å². The van der Waals surface area contributed by atoms with Crippen LogP contribution in [0, 0.1) is 11.3 Å². The third-order valence-corrected chi connectivity index (χ3v) is 6.99. The lowest BCUT2D eigenvalue weighted by molar-refractivity contribution is -0.142. The highest BCUT2D eigenvalue weighted by Gasteiger charge is 2.59. The van der Waals surface area contributed by atoms with E-state index in [1.807, 2.05) is 34.1 Å². The molecule has 0 bridgehead atoms. The Labute approximate surface area is 177 Å². The number of carbonyl (C=O) groups excluding carboxylic acids is 3. The molecule has 0 aromatic heterocycles. The molecule has 2 atom stereocenters. The van der Waals surface area contributed by atoms with E-state index < -0.39 is 5.41 Å². The lowest BCUT2D eigenvalue weighted by atomic mass is 9.79. The van der Waals surface area contributed by atoms with Gasteiger partial charge in [0.1, 0.15) is 5.75 Å². The maximum Gasteiger partial charge on any atom is 0.232 e. The van der Waals surface area contributed by atoms with E-state index in [1.165, 1.54) is 0 Å². The Hall–Kier alpha value is -2.57. The molecule has 3 amide bonds. The van der Waals surface area contributed by atoms with E-state index in [9.17, 15) is 14.4 Å². The van der Waals surface area contributed by atoms with Crippen LogP contribution >= 0.6 is 0 Å². The topological polar surface area (TPSA) is 70.2 Å². The third-order valence-electron chi connectivity index (χ3n) is 6.99. The van der Waals surface area contributed by atoms with Crippen LogP contribution in [0.15, 0.2) is 24.3 Å². The minimum Gasteiger partial charge on any atom is -0.497 e. The van der Waals surface area contributed by atoms with Gasteiger partial charge in [-0.25, -0.2) is 0 Å². The van der Waals surface area contributed by atoms with Crippen molar-refractivity contribution >= 4 is 17.7 Å². The second kappa shape index (κ2) is 8.28. The molecule has 3 aliphatic heterocycles. The van der Waals surface area contributed by atoms with Gasteiger partial charge < -0.3 is 19.4 Å². The Morgan fingerprint density at radius 1 is 1.07 bits per heavy atom. The van der Waals surface area contributed by atoms with Gasteiger partial charge >= 0.3 is 0 Å². The standard InChI is InChI=1S/C23H31N3O4/c1-17(27)25-13-19-14-26(16-23(19,15-25)22(29)24-10-3-4-11-24)21(28)9-8-18-6-5-7-20(12-18)30-2/h5-7,12,19H,3-4,8-11,13-16H2,1-2H3. The van der Waals surface area contributed by atoms with Crippen LogP contribution in [0.5, 0.6) is 5.75 Å². The molecule has 0 spiro atoms. The number of ether oxygens (including phenoxy) is 1. The van der Waals surface area contributed by atoms with E-state index in [2.05, 4.69) is 0 Å². The van der Waals surface area contributed by atoms with Crippen molar-refractivity contribution < 1.29 is 19.1 Å². The number of benzene rings is 1. The Morgan fingerprint density at radius 2 is 1.77 bits per heavy atom. The van der Waals surface area contributed by atoms with Gasteiger partial charge in [0.2, 0.25) is 17.7 Å². The van der Waals surface area contributed by atoms with Gasteiger partial charge in [-0.15, -0.1) is 0 Å².